The summed E-state index contributed by atoms with van der Waals surface area (Å²) < 4.78 is 33.9. The predicted molar refractivity (Wildman–Crippen MR) is 133 cm³/mol. The molecule has 0 fully saturated rings. The van der Waals surface area contributed by atoms with Crippen LogP contribution in [0.5, 0.6) is 5.75 Å². The van der Waals surface area contributed by atoms with E-state index in [0.717, 1.165) is 30.4 Å². The fraction of sp³-hybridized carbons (Fsp3) is 0.269. The van der Waals surface area contributed by atoms with Crippen molar-refractivity contribution in [3.63, 3.8) is 0 Å². The molecule has 0 aliphatic heterocycles. The lowest BCUT2D eigenvalue weighted by molar-refractivity contribution is 0.102. The van der Waals surface area contributed by atoms with Crippen molar-refractivity contribution in [2.24, 2.45) is 0 Å². The standard InChI is InChI=1S/C26H30N2O4S/c1-4-5-8-15-32-25-10-7-6-9-24(25)26(29)27-21-11-13-23(14-12-21)33(30,31)28-22-17-19(2)16-20(3)18-22/h6-7,9-14,16-18,28H,4-5,8,15H2,1-3H3,(H,27,29). The second-order valence-electron chi connectivity index (χ2n) is 8.01. The van der Waals surface area contributed by atoms with E-state index in [1.54, 1.807) is 42.5 Å². The highest BCUT2D eigenvalue weighted by Gasteiger charge is 2.16. The summed E-state index contributed by atoms with van der Waals surface area (Å²) in [6.45, 7) is 6.50. The van der Waals surface area contributed by atoms with Crippen LogP contribution < -0.4 is 14.8 Å². The largest absolute Gasteiger partial charge is 0.493 e. The number of hydrogen-bond acceptors (Lipinski definition) is 4. The van der Waals surface area contributed by atoms with Crippen molar-refractivity contribution in [2.75, 3.05) is 16.6 Å². The third-order valence-electron chi connectivity index (χ3n) is 5.03. The Kier molecular flexibility index (Phi) is 8.11. The van der Waals surface area contributed by atoms with Gasteiger partial charge in [0.1, 0.15) is 5.75 Å². The van der Waals surface area contributed by atoms with Gasteiger partial charge in [-0.2, -0.15) is 0 Å². The number of amides is 1. The molecular weight excluding hydrogens is 436 g/mol. The maximum atomic E-state index is 12.8. The van der Waals surface area contributed by atoms with Crippen molar-refractivity contribution in [3.05, 3.63) is 83.4 Å². The van der Waals surface area contributed by atoms with Gasteiger partial charge < -0.3 is 10.1 Å². The summed E-state index contributed by atoms with van der Waals surface area (Å²) in [6.07, 6.45) is 3.10. The predicted octanol–water partition coefficient (Wildman–Crippen LogP) is 5.93. The first kappa shape index (κ1) is 24.3. The normalized spacial score (nSPS) is 11.1. The molecule has 174 valence electrons. The molecule has 3 aromatic rings. The summed E-state index contributed by atoms with van der Waals surface area (Å²) in [7, 11) is -3.75. The number of nitrogens with one attached hydrogen (secondary N) is 2. The summed E-state index contributed by atoms with van der Waals surface area (Å²) in [5.41, 5.74) is 3.38. The van der Waals surface area contributed by atoms with Crippen LogP contribution >= 0.6 is 0 Å². The smallest absolute Gasteiger partial charge is 0.261 e. The minimum absolute atomic E-state index is 0.110. The van der Waals surface area contributed by atoms with Gasteiger partial charge in [0.15, 0.2) is 0 Å². The topological polar surface area (TPSA) is 84.5 Å². The third-order valence-corrected chi connectivity index (χ3v) is 6.43. The Hall–Kier alpha value is -3.32. The van der Waals surface area contributed by atoms with Crippen molar-refractivity contribution in [1.29, 1.82) is 0 Å². The van der Waals surface area contributed by atoms with Gasteiger partial charge in [-0.05, 0) is 79.9 Å². The van der Waals surface area contributed by atoms with Crippen LogP contribution in [0, 0.1) is 13.8 Å². The zero-order chi connectivity index (χ0) is 23.8. The molecule has 0 radical (unpaired) electrons. The molecule has 0 aliphatic carbocycles. The van der Waals surface area contributed by atoms with E-state index in [-0.39, 0.29) is 10.8 Å². The highest BCUT2D eigenvalue weighted by atomic mass is 32.2. The van der Waals surface area contributed by atoms with Gasteiger partial charge in [-0.3, -0.25) is 9.52 Å². The Bertz CT molecular complexity index is 1180. The molecule has 0 bridgehead atoms. The fourth-order valence-electron chi connectivity index (χ4n) is 3.48. The molecule has 0 spiro atoms. The van der Waals surface area contributed by atoms with Crippen molar-refractivity contribution in [1.82, 2.24) is 0 Å². The number of aryl methyl sites for hydroxylation is 2. The first-order valence-electron chi connectivity index (χ1n) is 11.0. The number of para-hydroxylation sites is 1. The Morgan fingerprint density at radius 2 is 1.55 bits per heavy atom. The highest BCUT2D eigenvalue weighted by Crippen LogP contribution is 2.23. The number of rotatable bonds is 10. The molecule has 0 aliphatic rings. The molecule has 0 saturated heterocycles. The van der Waals surface area contributed by atoms with Gasteiger partial charge in [-0.25, -0.2) is 8.42 Å². The quantitative estimate of drug-likeness (QED) is 0.363. The van der Waals surface area contributed by atoms with Gasteiger partial charge in [-0.15, -0.1) is 0 Å². The summed E-state index contributed by atoms with van der Waals surface area (Å²) >= 11 is 0. The maximum Gasteiger partial charge on any atom is 0.261 e. The first-order valence-corrected chi connectivity index (χ1v) is 12.5. The van der Waals surface area contributed by atoms with E-state index in [1.165, 1.54) is 12.1 Å². The van der Waals surface area contributed by atoms with Gasteiger partial charge in [0, 0.05) is 11.4 Å². The molecule has 6 nitrogen and oxygen atoms in total. The second-order valence-corrected chi connectivity index (χ2v) is 9.69. The van der Waals surface area contributed by atoms with Crippen LogP contribution in [0.15, 0.2) is 71.6 Å². The van der Waals surface area contributed by atoms with Crippen molar-refractivity contribution in [3.8, 4) is 5.75 Å². The van der Waals surface area contributed by atoms with Crippen LogP contribution in [0.3, 0.4) is 0 Å². The number of carbonyl (C=O) groups is 1. The molecule has 0 saturated carbocycles. The molecule has 0 heterocycles. The zero-order valence-corrected chi connectivity index (χ0v) is 20.0. The average molecular weight is 467 g/mol. The van der Waals surface area contributed by atoms with Crippen LogP contribution in [0.4, 0.5) is 11.4 Å². The Balaban J connectivity index is 1.69. The molecular formula is C26H30N2O4S. The van der Waals surface area contributed by atoms with E-state index in [0.29, 0.717) is 29.3 Å². The molecule has 7 heteroatoms. The Morgan fingerprint density at radius 1 is 0.879 bits per heavy atom. The molecule has 0 aromatic heterocycles. The number of unbranched alkanes of at least 4 members (excludes halogenated alkanes) is 2. The van der Waals surface area contributed by atoms with E-state index >= 15 is 0 Å². The van der Waals surface area contributed by atoms with Gasteiger partial charge >= 0.3 is 0 Å². The maximum absolute atomic E-state index is 12.8. The summed E-state index contributed by atoms with van der Waals surface area (Å²) in [5.74, 6) is 0.216. The van der Waals surface area contributed by atoms with Crippen LogP contribution in [0.1, 0.15) is 47.7 Å². The summed E-state index contributed by atoms with van der Waals surface area (Å²) in [5, 5.41) is 2.81. The molecule has 2 N–H and O–H groups in total. The Morgan fingerprint density at radius 3 is 2.21 bits per heavy atom. The van der Waals surface area contributed by atoms with E-state index in [2.05, 4.69) is 17.0 Å². The lowest BCUT2D eigenvalue weighted by Crippen LogP contribution is -2.15. The van der Waals surface area contributed by atoms with Crippen LogP contribution in [0.2, 0.25) is 0 Å². The van der Waals surface area contributed by atoms with E-state index in [1.807, 2.05) is 26.0 Å². The molecule has 33 heavy (non-hydrogen) atoms. The minimum Gasteiger partial charge on any atom is -0.493 e. The summed E-state index contributed by atoms with van der Waals surface area (Å²) in [6, 6.07) is 18.7. The molecule has 1 amide bonds. The van der Waals surface area contributed by atoms with Crippen LogP contribution in [0.25, 0.3) is 0 Å². The average Bonchev–Trinajstić information content (AvgIpc) is 2.76. The molecule has 0 unspecified atom stereocenters. The van der Waals surface area contributed by atoms with Crippen LogP contribution in [-0.2, 0) is 10.0 Å². The minimum atomic E-state index is -3.75. The zero-order valence-electron chi connectivity index (χ0n) is 19.2. The van der Waals surface area contributed by atoms with Crippen molar-refractivity contribution >= 4 is 27.3 Å². The lowest BCUT2D eigenvalue weighted by atomic mass is 10.1. The van der Waals surface area contributed by atoms with Crippen molar-refractivity contribution < 1.29 is 17.9 Å². The second kappa shape index (κ2) is 11.0. The fourth-order valence-corrected chi connectivity index (χ4v) is 4.52. The van der Waals surface area contributed by atoms with E-state index in [9.17, 15) is 13.2 Å². The monoisotopic (exact) mass is 466 g/mol. The Labute approximate surface area is 196 Å². The van der Waals surface area contributed by atoms with Crippen molar-refractivity contribution in [2.45, 2.75) is 44.9 Å². The molecule has 3 rings (SSSR count). The number of hydrogen-bond donors (Lipinski definition) is 2. The van der Waals surface area contributed by atoms with Gasteiger partial charge in [0.25, 0.3) is 15.9 Å². The lowest BCUT2D eigenvalue weighted by Gasteiger charge is -2.12. The van der Waals surface area contributed by atoms with Gasteiger partial charge in [0.05, 0.1) is 17.1 Å². The number of carbonyl (C=O) groups excluding carboxylic acids is 1. The highest BCUT2D eigenvalue weighted by molar-refractivity contribution is 7.92. The first-order chi connectivity index (χ1) is 15.8. The van der Waals surface area contributed by atoms with E-state index < -0.39 is 10.0 Å². The van der Waals surface area contributed by atoms with Gasteiger partial charge in [-0.1, -0.05) is 38.0 Å². The van der Waals surface area contributed by atoms with E-state index in [4.69, 9.17) is 4.74 Å². The van der Waals surface area contributed by atoms with Crippen LogP contribution in [-0.4, -0.2) is 20.9 Å². The van der Waals surface area contributed by atoms with Gasteiger partial charge in [0.2, 0.25) is 0 Å². The molecule has 0 atom stereocenters. The molecule has 3 aromatic carbocycles. The number of ether oxygens (including phenoxy) is 1. The number of anilines is 2. The summed E-state index contributed by atoms with van der Waals surface area (Å²) in [4.78, 5) is 12.9. The third kappa shape index (κ3) is 6.83. The number of benzene rings is 3. The SMILES string of the molecule is CCCCCOc1ccccc1C(=O)Nc1ccc(S(=O)(=O)Nc2cc(C)cc(C)c2)cc1. The number of sulfonamides is 1.